The van der Waals surface area contributed by atoms with Gasteiger partial charge in [0, 0.05) is 16.5 Å². The number of carbonyl (C=O) groups is 2. The molecule has 0 unspecified atom stereocenters. The average molecular weight is 408 g/mol. The summed E-state index contributed by atoms with van der Waals surface area (Å²) in [6.07, 6.45) is 0. The van der Waals surface area contributed by atoms with E-state index in [0.717, 1.165) is 10.4 Å². The molecular weight excluding hydrogens is 388 g/mol. The van der Waals surface area contributed by atoms with Gasteiger partial charge < -0.3 is 14.8 Å². The second kappa shape index (κ2) is 8.46. The molecule has 1 aromatic heterocycles. The number of anilines is 1. The Morgan fingerprint density at radius 1 is 1.07 bits per heavy atom. The zero-order valence-corrected chi connectivity index (χ0v) is 16.6. The van der Waals surface area contributed by atoms with Gasteiger partial charge in [-0.15, -0.1) is 11.3 Å². The molecule has 7 heteroatoms. The number of ketones is 1. The highest BCUT2D eigenvalue weighted by molar-refractivity contribution is 7.10. The van der Waals surface area contributed by atoms with Crippen LogP contribution in [0.15, 0.2) is 60.0 Å². The van der Waals surface area contributed by atoms with Gasteiger partial charge >= 0.3 is 0 Å². The van der Waals surface area contributed by atoms with Crippen LogP contribution in [0.2, 0.25) is 0 Å². The molecule has 0 fully saturated rings. The summed E-state index contributed by atoms with van der Waals surface area (Å²) in [5, 5.41) is 8.15. The van der Waals surface area contributed by atoms with Crippen molar-refractivity contribution in [1.82, 2.24) is 5.32 Å². The molecule has 2 N–H and O–H groups in total. The third-order valence-electron chi connectivity index (χ3n) is 4.59. The molecule has 0 aliphatic carbocycles. The van der Waals surface area contributed by atoms with Crippen molar-refractivity contribution in [3.63, 3.8) is 0 Å². The van der Waals surface area contributed by atoms with E-state index in [2.05, 4.69) is 10.6 Å². The third kappa shape index (κ3) is 4.31. The molecule has 2 aromatic carbocycles. The van der Waals surface area contributed by atoms with E-state index >= 15 is 0 Å². The van der Waals surface area contributed by atoms with Crippen LogP contribution in [0.25, 0.3) is 0 Å². The largest absolute Gasteiger partial charge is 0.454 e. The molecule has 0 saturated carbocycles. The minimum absolute atomic E-state index is 0.0866. The van der Waals surface area contributed by atoms with Gasteiger partial charge in [-0.05, 0) is 30.0 Å². The van der Waals surface area contributed by atoms with Crippen LogP contribution in [-0.2, 0) is 4.79 Å². The molecule has 148 valence electrons. The lowest BCUT2D eigenvalue weighted by Crippen LogP contribution is -2.31. The summed E-state index contributed by atoms with van der Waals surface area (Å²) in [4.78, 5) is 25.8. The minimum atomic E-state index is -0.246. The van der Waals surface area contributed by atoms with Crippen LogP contribution in [-0.4, -0.2) is 25.0 Å². The molecule has 6 nitrogen and oxygen atoms in total. The monoisotopic (exact) mass is 408 g/mol. The zero-order chi connectivity index (χ0) is 20.2. The van der Waals surface area contributed by atoms with Crippen molar-refractivity contribution in [2.24, 2.45) is 0 Å². The van der Waals surface area contributed by atoms with Crippen LogP contribution < -0.4 is 20.1 Å². The third-order valence-corrected chi connectivity index (χ3v) is 5.53. The lowest BCUT2D eigenvalue weighted by atomic mass is 10.1. The van der Waals surface area contributed by atoms with Gasteiger partial charge in [-0.3, -0.25) is 14.9 Å². The van der Waals surface area contributed by atoms with E-state index < -0.39 is 0 Å². The molecule has 4 rings (SSSR count). The minimum Gasteiger partial charge on any atom is -0.454 e. The lowest BCUT2D eigenvalue weighted by Gasteiger charge is -2.18. The van der Waals surface area contributed by atoms with Crippen LogP contribution in [0.4, 0.5) is 5.69 Å². The number of nitrogens with one attached hydrogen (secondary N) is 2. The fraction of sp³-hybridized carbons (Fsp3) is 0.182. The van der Waals surface area contributed by atoms with Crippen molar-refractivity contribution in [3.8, 4) is 11.5 Å². The van der Waals surface area contributed by atoms with E-state index in [9.17, 15) is 9.59 Å². The normalized spacial score (nSPS) is 13.1. The summed E-state index contributed by atoms with van der Waals surface area (Å²) >= 11 is 1.63. The van der Waals surface area contributed by atoms with E-state index in [0.29, 0.717) is 22.7 Å². The number of amides is 1. The Morgan fingerprint density at radius 3 is 2.52 bits per heavy atom. The van der Waals surface area contributed by atoms with Gasteiger partial charge in [-0.2, -0.15) is 0 Å². The Morgan fingerprint density at radius 2 is 1.83 bits per heavy atom. The maximum Gasteiger partial charge on any atom is 0.238 e. The Balaban J connectivity index is 1.49. The number of thiophene rings is 1. The molecule has 0 spiro atoms. The maximum absolute atomic E-state index is 12.6. The van der Waals surface area contributed by atoms with Gasteiger partial charge in [0.1, 0.15) is 0 Å². The fourth-order valence-electron chi connectivity index (χ4n) is 3.21. The number of carbonyl (C=O) groups excluding carboxylic acids is 2. The Hall–Kier alpha value is -3.16. The highest BCUT2D eigenvalue weighted by Crippen LogP contribution is 2.37. The predicted molar refractivity (Wildman–Crippen MR) is 112 cm³/mol. The number of ether oxygens (including phenoxy) is 2. The van der Waals surface area contributed by atoms with Crippen LogP contribution in [0, 0.1) is 0 Å². The highest BCUT2D eigenvalue weighted by Gasteiger charge is 2.21. The van der Waals surface area contributed by atoms with Gasteiger partial charge in [-0.1, -0.05) is 36.4 Å². The standard InChI is InChI=1S/C22H20N2O4S/c1-14(25)16-10-18-19(28-13-27-18)11-17(16)24-21(26)12-23-22(20-8-5-9-29-20)15-6-3-2-4-7-15/h2-11,22-23H,12-13H2,1H3,(H,24,26)/t22-/m0/s1. The molecule has 3 aromatic rings. The molecule has 0 saturated heterocycles. The van der Waals surface area contributed by atoms with Gasteiger partial charge in [0.2, 0.25) is 12.7 Å². The number of hydrogen-bond donors (Lipinski definition) is 2. The predicted octanol–water partition coefficient (Wildman–Crippen LogP) is 4.00. The van der Waals surface area contributed by atoms with E-state index in [1.54, 1.807) is 23.5 Å². The van der Waals surface area contributed by atoms with Gasteiger partial charge in [-0.25, -0.2) is 0 Å². The summed E-state index contributed by atoms with van der Waals surface area (Å²) in [6.45, 7) is 1.64. The first kappa shape index (κ1) is 19.2. The molecular formula is C22H20N2O4S. The van der Waals surface area contributed by atoms with Crippen molar-refractivity contribution >= 4 is 28.7 Å². The smallest absolute Gasteiger partial charge is 0.238 e. The van der Waals surface area contributed by atoms with Gasteiger partial charge in [0.05, 0.1) is 18.3 Å². The summed E-state index contributed by atoms with van der Waals surface area (Å²) < 4.78 is 10.7. The Labute approximate surface area is 172 Å². The van der Waals surface area contributed by atoms with E-state index in [1.165, 1.54) is 6.92 Å². The van der Waals surface area contributed by atoms with Crippen molar-refractivity contribution in [2.75, 3.05) is 18.7 Å². The van der Waals surface area contributed by atoms with Crippen LogP contribution in [0.5, 0.6) is 11.5 Å². The van der Waals surface area contributed by atoms with E-state index in [4.69, 9.17) is 9.47 Å². The zero-order valence-electron chi connectivity index (χ0n) is 15.8. The molecule has 29 heavy (non-hydrogen) atoms. The SMILES string of the molecule is CC(=O)c1cc2c(cc1NC(=O)CN[C@@H](c1ccccc1)c1cccs1)OCO2. The molecule has 0 radical (unpaired) electrons. The summed E-state index contributed by atoms with van der Waals surface area (Å²) in [6, 6.07) is 17.1. The second-order valence-electron chi connectivity index (χ2n) is 6.60. The maximum atomic E-state index is 12.6. The van der Waals surface area contributed by atoms with E-state index in [1.807, 2.05) is 47.8 Å². The molecule has 1 atom stereocenters. The first-order valence-corrected chi connectivity index (χ1v) is 10.1. The van der Waals surface area contributed by atoms with Crippen LogP contribution in [0.1, 0.15) is 33.8 Å². The topological polar surface area (TPSA) is 76.7 Å². The number of hydrogen-bond acceptors (Lipinski definition) is 6. The van der Waals surface area contributed by atoms with Gasteiger partial charge in [0.25, 0.3) is 0 Å². The molecule has 2 heterocycles. The molecule has 1 aliphatic rings. The number of Topliss-reactive ketones (excluding diaryl/α,β-unsaturated/α-hetero) is 1. The van der Waals surface area contributed by atoms with Crippen LogP contribution in [0.3, 0.4) is 0 Å². The van der Waals surface area contributed by atoms with Crippen molar-refractivity contribution in [2.45, 2.75) is 13.0 Å². The van der Waals surface area contributed by atoms with E-state index in [-0.39, 0.29) is 31.1 Å². The van der Waals surface area contributed by atoms with Crippen LogP contribution >= 0.6 is 11.3 Å². The quantitative estimate of drug-likeness (QED) is 0.578. The molecule has 0 bridgehead atoms. The lowest BCUT2D eigenvalue weighted by molar-refractivity contribution is -0.115. The summed E-state index contributed by atoms with van der Waals surface area (Å²) in [5.74, 6) is 0.614. The Kier molecular flexibility index (Phi) is 5.59. The highest BCUT2D eigenvalue weighted by atomic mass is 32.1. The first-order valence-electron chi connectivity index (χ1n) is 9.18. The summed E-state index contributed by atoms with van der Waals surface area (Å²) in [7, 11) is 0. The number of rotatable bonds is 7. The first-order chi connectivity index (χ1) is 14.1. The number of fused-ring (bicyclic) bond motifs is 1. The average Bonchev–Trinajstić information content (AvgIpc) is 3.40. The van der Waals surface area contributed by atoms with Crippen molar-refractivity contribution < 1.29 is 19.1 Å². The molecule has 1 amide bonds. The fourth-order valence-corrected chi connectivity index (χ4v) is 4.04. The number of benzene rings is 2. The molecule has 1 aliphatic heterocycles. The van der Waals surface area contributed by atoms with Crippen molar-refractivity contribution in [3.05, 3.63) is 76.0 Å². The Bertz CT molecular complexity index is 1020. The second-order valence-corrected chi connectivity index (χ2v) is 7.57. The van der Waals surface area contributed by atoms with Crippen molar-refractivity contribution in [1.29, 1.82) is 0 Å². The van der Waals surface area contributed by atoms with Gasteiger partial charge in [0.15, 0.2) is 17.3 Å². The summed E-state index contributed by atoms with van der Waals surface area (Å²) in [5.41, 5.74) is 1.89.